The average molecular weight is 418 g/mol. The third-order valence-electron chi connectivity index (χ3n) is 6.49. The lowest BCUT2D eigenvalue weighted by Gasteiger charge is -2.38. The van der Waals surface area contributed by atoms with E-state index in [1.165, 1.54) is 11.0 Å². The van der Waals surface area contributed by atoms with E-state index in [1.54, 1.807) is 12.1 Å². The van der Waals surface area contributed by atoms with Gasteiger partial charge in [-0.3, -0.25) is 14.5 Å². The first-order valence-electron chi connectivity index (χ1n) is 11.1. The topological polar surface area (TPSA) is 53.1 Å². The highest BCUT2D eigenvalue weighted by atomic mass is 19.1. The van der Waals surface area contributed by atoms with E-state index >= 15 is 0 Å². The Bertz CT molecular complexity index is 807. The van der Waals surface area contributed by atoms with Gasteiger partial charge in [0.15, 0.2) is 0 Å². The summed E-state index contributed by atoms with van der Waals surface area (Å²) in [6.07, 6.45) is 2.53. The second kappa shape index (κ2) is 8.63. The van der Waals surface area contributed by atoms with Crippen molar-refractivity contribution in [2.75, 3.05) is 37.6 Å². The SMILES string of the molecule is Cc1ccc(N2CC(C(=O)N3CCCC3CN3CC(C)OC(C)C3)CC2=O)c(F)c1. The molecule has 0 bridgehead atoms. The van der Waals surface area contributed by atoms with E-state index < -0.39 is 11.7 Å². The van der Waals surface area contributed by atoms with E-state index in [0.717, 1.165) is 44.6 Å². The molecule has 4 unspecified atom stereocenters. The molecular formula is C23H32FN3O3. The lowest BCUT2D eigenvalue weighted by molar-refractivity contribution is -0.137. The predicted molar refractivity (Wildman–Crippen MR) is 113 cm³/mol. The summed E-state index contributed by atoms with van der Waals surface area (Å²) in [5.74, 6) is -0.953. The van der Waals surface area contributed by atoms with Crippen LogP contribution in [0, 0.1) is 18.7 Å². The zero-order valence-electron chi connectivity index (χ0n) is 18.1. The molecule has 4 rings (SSSR count). The number of hydrogen-bond acceptors (Lipinski definition) is 4. The lowest BCUT2D eigenvalue weighted by Crippen LogP contribution is -2.51. The van der Waals surface area contributed by atoms with E-state index in [9.17, 15) is 14.0 Å². The summed E-state index contributed by atoms with van der Waals surface area (Å²) in [6, 6.07) is 5.03. The van der Waals surface area contributed by atoms with Gasteiger partial charge >= 0.3 is 0 Å². The standard InChI is InChI=1S/C23H32FN3O3/c1-15-6-7-21(20(24)9-15)27-13-18(10-22(27)28)23(29)26-8-4-5-19(26)14-25-11-16(2)30-17(3)12-25/h6-7,9,16-19H,4-5,8,10-14H2,1-3H3. The van der Waals surface area contributed by atoms with Gasteiger partial charge in [-0.05, 0) is 51.3 Å². The molecule has 0 N–H and O–H groups in total. The number of hydrogen-bond donors (Lipinski definition) is 0. The van der Waals surface area contributed by atoms with Gasteiger partial charge in [-0.2, -0.15) is 0 Å². The number of carbonyl (C=O) groups excluding carboxylic acids is 2. The van der Waals surface area contributed by atoms with Gasteiger partial charge in [0, 0.05) is 45.2 Å². The molecule has 0 radical (unpaired) electrons. The Kier molecular flexibility index (Phi) is 6.11. The summed E-state index contributed by atoms with van der Waals surface area (Å²) in [5, 5.41) is 0. The summed E-state index contributed by atoms with van der Waals surface area (Å²) in [7, 11) is 0. The van der Waals surface area contributed by atoms with Gasteiger partial charge in [0.25, 0.3) is 0 Å². The van der Waals surface area contributed by atoms with Crippen LogP contribution in [0.25, 0.3) is 0 Å². The Morgan fingerprint density at radius 1 is 1.20 bits per heavy atom. The molecule has 2 amide bonds. The number of morpholine rings is 1. The average Bonchev–Trinajstić information content (AvgIpc) is 3.27. The Morgan fingerprint density at radius 3 is 2.63 bits per heavy atom. The van der Waals surface area contributed by atoms with Crippen molar-refractivity contribution in [2.45, 2.75) is 58.3 Å². The van der Waals surface area contributed by atoms with E-state index in [-0.39, 0.29) is 48.7 Å². The molecule has 1 aromatic rings. The Labute approximate surface area is 177 Å². The fourth-order valence-corrected chi connectivity index (χ4v) is 5.22. The van der Waals surface area contributed by atoms with Crippen LogP contribution in [0.15, 0.2) is 18.2 Å². The van der Waals surface area contributed by atoms with Crippen LogP contribution in [-0.2, 0) is 14.3 Å². The summed E-state index contributed by atoms with van der Waals surface area (Å²) in [6.45, 7) is 9.59. The van der Waals surface area contributed by atoms with Gasteiger partial charge < -0.3 is 14.5 Å². The van der Waals surface area contributed by atoms with E-state index in [1.807, 2.05) is 11.8 Å². The first kappa shape index (κ1) is 21.2. The monoisotopic (exact) mass is 417 g/mol. The normalized spacial score (nSPS) is 30.3. The number of likely N-dealkylation sites (tertiary alicyclic amines) is 1. The van der Waals surface area contributed by atoms with Crippen molar-refractivity contribution in [1.29, 1.82) is 0 Å². The number of aryl methyl sites for hydroxylation is 1. The largest absolute Gasteiger partial charge is 0.373 e. The number of anilines is 1. The number of halogens is 1. The number of carbonyl (C=O) groups is 2. The van der Waals surface area contributed by atoms with Gasteiger partial charge in [-0.1, -0.05) is 6.07 Å². The minimum Gasteiger partial charge on any atom is -0.373 e. The molecule has 0 spiro atoms. The van der Waals surface area contributed by atoms with Crippen LogP contribution >= 0.6 is 0 Å². The van der Waals surface area contributed by atoms with Gasteiger partial charge in [0.2, 0.25) is 11.8 Å². The number of nitrogens with zero attached hydrogens (tertiary/aromatic N) is 3. The van der Waals surface area contributed by atoms with E-state index in [4.69, 9.17) is 4.74 Å². The van der Waals surface area contributed by atoms with Crippen LogP contribution in [-0.4, -0.2) is 72.6 Å². The van der Waals surface area contributed by atoms with Crippen LogP contribution in [0.4, 0.5) is 10.1 Å². The predicted octanol–water partition coefficient (Wildman–Crippen LogP) is 2.59. The van der Waals surface area contributed by atoms with Crippen molar-refractivity contribution in [3.8, 4) is 0 Å². The van der Waals surface area contributed by atoms with Gasteiger partial charge in [0.05, 0.1) is 23.8 Å². The second-order valence-electron chi connectivity index (χ2n) is 9.16. The molecule has 7 heteroatoms. The Morgan fingerprint density at radius 2 is 1.93 bits per heavy atom. The third kappa shape index (κ3) is 4.37. The first-order chi connectivity index (χ1) is 14.3. The smallest absolute Gasteiger partial charge is 0.228 e. The van der Waals surface area contributed by atoms with Crippen molar-refractivity contribution in [3.05, 3.63) is 29.6 Å². The molecule has 0 saturated carbocycles. The molecule has 3 aliphatic heterocycles. The molecule has 0 aliphatic carbocycles. The van der Waals surface area contributed by atoms with Crippen molar-refractivity contribution < 1.29 is 18.7 Å². The maximum absolute atomic E-state index is 14.4. The van der Waals surface area contributed by atoms with Crippen LogP contribution in [0.3, 0.4) is 0 Å². The molecule has 3 saturated heterocycles. The summed E-state index contributed by atoms with van der Waals surface area (Å²) in [5.41, 5.74) is 1.08. The minimum absolute atomic E-state index is 0.0372. The highest BCUT2D eigenvalue weighted by Gasteiger charge is 2.41. The number of rotatable bonds is 4. The number of amides is 2. The zero-order valence-corrected chi connectivity index (χ0v) is 18.1. The zero-order chi connectivity index (χ0) is 21.4. The van der Waals surface area contributed by atoms with Crippen molar-refractivity contribution in [1.82, 2.24) is 9.80 Å². The van der Waals surface area contributed by atoms with Crippen molar-refractivity contribution in [2.24, 2.45) is 5.92 Å². The van der Waals surface area contributed by atoms with E-state index in [0.29, 0.717) is 0 Å². The van der Waals surface area contributed by atoms with Gasteiger partial charge in [-0.25, -0.2) is 4.39 Å². The van der Waals surface area contributed by atoms with Crippen LogP contribution in [0.2, 0.25) is 0 Å². The third-order valence-corrected chi connectivity index (χ3v) is 6.49. The maximum atomic E-state index is 14.4. The molecule has 6 nitrogen and oxygen atoms in total. The summed E-state index contributed by atoms with van der Waals surface area (Å²) in [4.78, 5) is 31.7. The molecule has 3 fully saturated rings. The molecule has 3 aliphatic rings. The Hall–Kier alpha value is -1.99. The number of benzene rings is 1. The molecule has 164 valence electrons. The lowest BCUT2D eigenvalue weighted by atomic mass is 10.1. The highest BCUT2D eigenvalue weighted by Crippen LogP contribution is 2.31. The van der Waals surface area contributed by atoms with Gasteiger partial charge in [0.1, 0.15) is 5.82 Å². The van der Waals surface area contributed by atoms with Gasteiger partial charge in [-0.15, -0.1) is 0 Å². The summed E-state index contributed by atoms with van der Waals surface area (Å²) >= 11 is 0. The number of ether oxygens (including phenoxy) is 1. The van der Waals surface area contributed by atoms with Crippen molar-refractivity contribution in [3.63, 3.8) is 0 Å². The van der Waals surface area contributed by atoms with Crippen molar-refractivity contribution >= 4 is 17.5 Å². The molecule has 4 atom stereocenters. The molecule has 1 aromatic carbocycles. The van der Waals surface area contributed by atoms with Crippen LogP contribution < -0.4 is 4.90 Å². The fraction of sp³-hybridized carbons (Fsp3) is 0.652. The quantitative estimate of drug-likeness (QED) is 0.756. The first-order valence-corrected chi connectivity index (χ1v) is 11.1. The minimum atomic E-state index is -0.411. The maximum Gasteiger partial charge on any atom is 0.228 e. The van der Waals surface area contributed by atoms with Crippen LogP contribution in [0.5, 0.6) is 0 Å². The molecule has 30 heavy (non-hydrogen) atoms. The molecule has 3 heterocycles. The Balaban J connectivity index is 1.41. The molecule has 0 aromatic heterocycles. The van der Waals surface area contributed by atoms with Crippen LogP contribution in [0.1, 0.15) is 38.7 Å². The fourth-order valence-electron chi connectivity index (χ4n) is 5.22. The highest BCUT2D eigenvalue weighted by molar-refractivity contribution is 6.00. The second-order valence-corrected chi connectivity index (χ2v) is 9.16. The van der Waals surface area contributed by atoms with E-state index in [2.05, 4.69) is 18.7 Å². The molecular weight excluding hydrogens is 385 g/mol. The summed E-state index contributed by atoms with van der Waals surface area (Å²) < 4.78 is 20.2.